The Bertz CT molecular complexity index is 401. The Labute approximate surface area is 136 Å². The topological polar surface area (TPSA) is 9.23 Å². The molecule has 0 unspecified atom stereocenters. The zero-order chi connectivity index (χ0) is 15.9. The number of benzene rings is 1. The fourth-order valence-corrected chi connectivity index (χ4v) is 3.18. The van der Waals surface area contributed by atoms with Crippen LogP contribution in [0.25, 0.3) is 0 Å². The van der Waals surface area contributed by atoms with Crippen LogP contribution in [0, 0.1) is 5.41 Å². The van der Waals surface area contributed by atoms with Gasteiger partial charge in [-0.15, -0.1) is 11.6 Å². The van der Waals surface area contributed by atoms with E-state index >= 15 is 0 Å². The van der Waals surface area contributed by atoms with E-state index in [0.29, 0.717) is 5.41 Å². The SMILES string of the molecule is CC(C)(C)CC(C)(C)c1ccc(OCCCCCCl)cc1. The lowest BCUT2D eigenvalue weighted by atomic mass is 9.72. The Hall–Kier alpha value is -0.690. The van der Waals surface area contributed by atoms with Crippen LogP contribution in [-0.4, -0.2) is 12.5 Å². The molecule has 2 heteroatoms. The minimum atomic E-state index is 0.192. The Balaban J connectivity index is 2.53. The fraction of sp³-hybridized carbons (Fsp3) is 0.684. The lowest BCUT2D eigenvalue weighted by molar-refractivity contribution is 0.283. The van der Waals surface area contributed by atoms with Crippen molar-refractivity contribution in [3.8, 4) is 5.75 Å². The van der Waals surface area contributed by atoms with Gasteiger partial charge < -0.3 is 4.74 Å². The van der Waals surface area contributed by atoms with Crippen molar-refractivity contribution in [2.24, 2.45) is 5.41 Å². The van der Waals surface area contributed by atoms with Gasteiger partial charge in [-0.1, -0.05) is 46.8 Å². The normalized spacial score (nSPS) is 12.5. The highest BCUT2D eigenvalue weighted by Gasteiger charge is 2.27. The number of hydrogen-bond donors (Lipinski definition) is 0. The summed E-state index contributed by atoms with van der Waals surface area (Å²) in [7, 11) is 0. The summed E-state index contributed by atoms with van der Waals surface area (Å²) in [5, 5.41) is 0. The average molecular weight is 311 g/mol. The van der Waals surface area contributed by atoms with E-state index in [1.807, 2.05) is 0 Å². The lowest BCUT2D eigenvalue weighted by Gasteiger charge is -2.33. The third kappa shape index (κ3) is 7.22. The molecule has 21 heavy (non-hydrogen) atoms. The lowest BCUT2D eigenvalue weighted by Crippen LogP contribution is -2.24. The van der Waals surface area contributed by atoms with E-state index in [2.05, 4.69) is 58.9 Å². The van der Waals surface area contributed by atoms with Crippen molar-refractivity contribution in [1.82, 2.24) is 0 Å². The van der Waals surface area contributed by atoms with Crippen LogP contribution in [0.1, 0.15) is 65.9 Å². The maximum atomic E-state index is 5.78. The summed E-state index contributed by atoms with van der Waals surface area (Å²) in [6.07, 6.45) is 4.45. The van der Waals surface area contributed by atoms with E-state index in [4.69, 9.17) is 16.3 Å². The molecule has 0 saturated carbocycles. The highest BCUT2D eigenvalue weighted by molar-refractivity contribution is 6.17. The number of unbranched alkanes of at least 4 members (excludes halogenated alkanes) is 2. The van der Waals surface area contributed by atoms with E-state index in [-0.39, 0.29) is 5.41 Å². The van der Waals surface area contributed by atoms with E-state index < -0.39 is 0 Å². The van der Waals surface area contributed by atoms with Gasteiger partial charge in [-0.25, -0.2) is 0 Å². The van der Waals surface area contributed by atoms with Gasteiger partial charge in [-0.3, -0.25) is 0 Å². The summed E-state index contributed by atoms with van der Waals surface area (Å²) in [6.45, 7) is 12.3. The molecule has 0 fully saturated rings. The van der Waals surface area contributed by atoms with Gasteiger partial charge in [0.15, 0.2) is 0 Å². The number of ether oxygens (including phenoxy) is 1. The van der Waals surface area contributed by atoms with Crippen LogP contribution in [-0.2, 0) is 5.41 Å². The second-order valence-corrected chi connectivity index (χ2v) is 8.12. The molecule has 0 spiro atoms. The van der Waals surface area contributed by atoms with Crippen molar-refractivity contribution in [3.05, 3.63) is 29.8 Å². The van der Waals surface area contributed by atoms with Gasteiger partial charge in [-0.2, -0.15) is 0 Å². The zero-order valence-electron chi connectivity index (χ0n) is 14.3. The first-order valence-electron chi connectivity index (χ1n) is 8.04. The fourth-order valence-electron chi connectivity index (χ4n) is 2.99. The van der Waals surface area contributed by atoms with Crippen molar-refractivity contribution >= 4 is 11.6 Å². The zero-order valence-corrected chi connectivity index (χ0v) is 15.1. The van der Waals surface area contributed by atoms with Crippen LogP contribution >= 0.6 is 11.6 Å². The van der Waals surface area contributed by atoms with Gasteiger partial charge in [0.25, 0.3) is 0 Å². The first-order valence-corrected chi connectivity index (χ1v) is 8.57. The molecular weight excluding hydrogens is 280 g/mol. The van der Waals surface area contributed by atoms with Gasteiger partial charge in [0.2, 0.25) is 0 Å². The van der Waals surface area contributed by atoms with E-state index in [1.165, 1.54) is 12.0 Å². The van der Waals surface area contributed by atoms with Gasteiger partial charge >= 0.3 is 0 Å². The van der Waals surface area contributed by atoms with Gasteiger partial charge in [0.05, 0.1) is 6.61 Å². The van der Waals surface area contributed by atoms with Crippen molar-refractivity contribution in [3.63, 3.8) is 0 Å². The van der Waals surface area contributed by atoms with Gasteiger partial charge in [0, 0.05) is 5.88 Å². The molecule has 0 aliphatic carbocycles. The number of rotatable bonds is 8. The molecule has 0 saturated heterocycles. The molecule has 1 aromatic carbocycles. The third-order valence-electron chi connectivity index (χ3n) is 3.65. The van der Waals surface area contributed by atoms with Crippen LogP contribution < -0.4 is 4.74 Å². The monoisotopic (exact) mass is 310 g/mol. The van der Waals surface area contributed by atoms with Crippen molar-refractivity contribution in [2.45, 2.75) is 65.7 Å². The Morgan fingerprint density at radius 2 is 1.52 bits per heavy atom. The first-order chi connectivity index (χ1) is 9.74. The summed E-state index contributed by atoms with van der Waals surface area (Å²) >= 11 is 5.66. The standard InChI is InChI=1S/C19H31ClO/c1-18(2,3)15-19(4,5)16-9-11-17(12-10-16)21-14-8-6-7-13-20/h9-12H,6-8,13-15H2,1-5H3. The summed E-state index contributed by atoms with van der Waals surface area (Å²) < 4.78 is 5.78. The van der Waals surface area contributed by atoms with Gasteiger partial charge in [-0.05, 0) is 54.2 Å². The van der Waals surface area contributed by atoms with Crippen LogP contribution in [0.5, 0.6) is 5.75 Å². The molecule has 0 radical (unpaired) electrons. The molecule has 120 valence electrons. The highest BCUT2D eigenvalue weighted by atomic mass is 35.5. The minimum Gasteiger partial charge on any atom is -0.494 e. The molecule has 0 N–H and O–H groups in total. The predicted octanol–water partition coefficient (Wildman–Crippen LogP) is 6.19. The molecule has 0 aliphatic heterocycles. The van der Waals surface area contributed by atoms with Crippen molar-refractivity contribution < 1.29 is 4.74 Å². The average Bonchev–Trinajstić information content (AvgIpc) is 2.36. The summed E-state index contributed by atoms with van der Waals surface area (Å²) in [4.78, 5) is 0. The molecule has 0 atom stereocenters. The van der Waals surface area contributed by atoms with Crippen molar-refractivity contribution in [1.29, 1.82) is 0 Å². The number of hydrogen-bond acceptors (Lipinski definition) is 1. The van der Waals surface area contributed by atoms with Crippen LogP contribution in [0.3, 0.4) is 0 Å². The number of halogens is 1. The molecule has 1 nitrogen and oxygen atoms in total. The van der Waals surface area contributed by atoms with E-state index in [1.54, 1.807) is 0 Å². The molecule has 0 bridgehead atoms. The Morgan fingerprint density at radius 3 is 2.05 bits per heavy atom. The second-order valence-electron chi connectivity index (χ2n) is 7.74. The molecular formula is C19H31ClO. The molecule has 0 aliphatic rings. The molecule has 0 amide bonds. The van der Waals surface area contributed by atoms with Crippen LogP contribution in [0.4, 0.5) is 0 Å². The molecule has 1 rings (SSSR count). The Morgan fingerprint density at radius 1 is 0.905 bits per heavy atom. The predicted molar refractivity (Wildman–Crippen MR) is 93.6 cm³/mol. The molecule has 1 aromatic rings. The maximum Gasteiger partial charge on any atom is 0.119 e. The summed E-state index contributed by atoms with van der Waals surface area (Å²) in [6, 6.07) is 8.61. The summed E-state index contributed by atoms with van der Waals surface area (Å²) in [5.74, 6) is 1.72. The quantitative estimate of drug-likeness (QED) is 0.411. The second kappa shape index (κ2) is 8.08. The van der Waals surface area contributed by atoms with Gasteiger partial charge in [0.1, 0.15) is 5.75 Å². The third-order valence-corrected chi connectivity index (χ3v) is 3.92. The summed E-state index contributed by atoms with van der Waals surface area (Å²) in [5.41, 5.74) is 1.91. The van der Waals surface area contributed by atoms with Crippen LogP contribution in [0.15, 0.2) is 24.3 Å². The van der Waals surface area contributed by atoms with E-state index in [0.717, 1.165) is 37.5 Å². The maximum absolute atomic E-state index is 5.78. The smallest absolute Gasteiger partial charge is 0.119 e. The largest absolute Gasteiger partial charge is 0.494 e. The first kappa shape index (κ1) is 18.4. The van der Waals surface area contributed by atoms with Crippen LogP contribution in [0.2, 0.25) is 0 Å². The Kier molecular flexibility index (Phi) is 7.06. The minimum absolute atomic E-state index is 0.192. The number of alkyl halides is 1. The molecule has 0 heterocycles. The van der Waals surface area contributed by atoms with E-state index in [9.17, 15) is 0 Å². The molecule has 0 aromatic heterocycles. The highest BCUT2D eigenvalue weighted by Crippen LogP contribution is 2.36. The van der Waals surface area contributed by atoms with Crippen molar-refractivity contribution in [2.75, 3.05) is 12.5 Å².